The molecule has 2 aliphatic rings. The lowest BCUT2D eigenvalue weighted by Crippen LogP contribution is -2.23. The van der Waals surface area contributed by atoms with Crippen LogP contribution in [0.2, 0.25) is 0 Å². The van der Waals surface area contributed by atoms with Gasteiger partial charge in [-0.2, -0.15) is 0 Å². The Labute approximate surface area is 160 Å². The molecule has 2 unspecified atom stereocenters. The van der Waals surface area contributed by atoms with Crippen molar-refractivity contribution >= 4 is 5.71 Å². The van der Waals surface area contributed by atoms with E-state index in [0.717, 1.165) is 31.1 Å². The molecule has 2 atom stereocenters. The molecule has 2 aromatic carbocycles. The molecular weight excluding hydrogens is 340 g/mol. The molecule has 2 heterocycles. The van der Waals surface area contributed by atoms with Gasteiger partial charge in [-0.3, -0.25) is 4.90 Å². The quantitative estimate of drug-likeness (QED) is 0.706. The molecular formula is C22H26N2O3. The number of hydrogen-bond acceptors (Lipinski definition) is 5. The lowest BCUT2D eigenvalue weighted by atomic mass is 9.94. The van der Waals surface area contributed by atoms with E-state index in [9.17, 15) is 0 Å². The number of oxime groups is 1. The molecule has 2 aromatic rings. The molecule has 0 radical (unpaired) electrons. The standard InChI is InChI=1S/C22H26N2O3/c1-16-3-7-18(8-4-16)22-20-14-24(15-21(20)27-23-22)13-17-5-9-19(10-6-17)26-12-11-25-2/h3-10,20-21H,11-15H2,1-2H3. The molecule has 0 aliphatic carbocycles. The van der Waals surface area contributed by atoms with Crippen molar-refractivity contribution in [2.45, 2.75) is 19.6 Å². The molecule has 0 spiro atoms. The Morgan fingerprint density at radius 1 is 1.04 bits per heavy atom. The fourth-order valence-electron chi connectivity index (χ4n) is 3.73. The van der Waals surface area contributed by atoms with Crippen LogP contribution in [-0.2, 0) is 16.1 Å². The zero-order valence-corrected chi connectivity index (χ0v) is 15.9. The Morgan fingerprint density at radius 3 is 2.56 bits per heavy atom. The summed E-state index contributed by atoms with van der Waals surface area (Å²) >= 11 is 0. The average Bonchev–Trinajstić information content (AvgIpc) is 3.24. The van der Waals surface area contributed by atoms with Gasteiger partial charge in [-0.25, -0.2) is 0 Å². The summed E-state index contributed by atoms with van der Waals surface area (Å²) in [6.07, 6.45) is 0.165. The number of fused-ring (bicyclic) bond motifs is 1. The highest BCUT2D eigenvalue weighted by Crippen LogP contribution is 2.31. The molecule has 5 heteroatoms. The first kappa shape index (κ1) is 18.0. The summed E-state index contributed by atoms with van der Waals surface area (Å²) in [6, 6.07) is 16.9. The van der Waals surface area contributed by atoms with E-state index < -0.39 is 0 Å². The van der Waals surface area contributed by atoms with Gasteiger partial charge in [0.25, 0.3) is 0 Å². The number of methoxy groups -OCH3 is 1. The molecule has 27 heavy (non-hydrogen) atoms. The van der Waals surface area contributed by atoms with Crippen LogP contribution in [0.3, 0.4) is 0 Å². The summed E-state index contributed by atoms with van der Waals surface area (Å²) in [5.74, 6) is 1.23. The minimum absolute atomic E-state index is 0.165. The van der Waals surface area contributed by atoms with E-state index in [0.29, 0.717) is 19.1 Å². The number of nitrogens with zero attached hydrogens (tertiary/aromatic N) is 2. The Hall–Kier alpha value is -2.37. The highest BCUT2D eigenvalue weighted by atomic mass is 16.6. The Bertz CT molecular complexity index is 786. The summed E-state index contributed by atoms with van der Waals surface area (Å²) in [5.41, 5.74) is 4.80. The topological polar surface area (TPSA) is 43.3 Å². The van der Waals surface area contributed by atoms with E-state index in [2.05, 4.69) is 53.4 Å². The van der Waals surface area contributed by atoms with Crippen molar-refractivity contribution in [3.05, 3.63) is 65.2 Å². The molecule has 1 fully saturated rings. The number of likely N-dealkylation sites (tertiary alicyclic amines) is 1. The minimum Gasteiger partial charge on any atom is -0.491 e. The smallest absolute Gasteiger partial charge is 0.149 e. The van der Waals surface area contributed by atoms with Crippen LogP contribution in [0.15, 0.2) is 53.7 Å². The monoisotopic (exact) mass is 366 g/mol. The van der Waals surface area contributed by atoms with E-state index in [-0.39, 0.29) is 6.10 Å². The SMILES string of the molecule is COCCOc1ccc(CN2CC3ON=C(c4ccc(C)cc4)C3C2)cc1. The maximum Gasteiger partial charge on any atom is 0.149 e. The molecule has 0 bridgehead atoms. The summed E-state index contributed by atoms with van der Waals surface area (Å²) in [5, 5.41) is 4.37. The van der Waals surface area contributed by atoms with E-state index in [1.54, 1.807) is 7.11 Å². The Kier molecular flexibility index (Phi) is 5.41. The van der Waals surface area contributed by atoms with Crippen molar-refractivity contribution in [1.29, 1.82) is 0 Å². The van der Waals surface area contributed by atoms with E-state index in [1.807, 2.05) is 12.1 Å². The van der Waals surface area contributed by atoms with Crippen LogP contribution < -0.4 is 4.74 Å². The predicted molar refractivity (Wildman–Crippen MR) is 105 cm³/mol. The molecule has 142 valence electrons. The average molecular weight is 366 g/mol. The largest absolute Gasteiger partial charge is 0.491 e. The van der Waals surface area contributed by atoms with Crippen LogP contribution >= 0.6 is 0 Å². The lowest BCUT2D eigenvalue weighted by Gasteiger charge is -2.16. The summed E-state index contributed by atoms with van der Waals surface area (Å²) in [4.78, 5) is 8.17. The van der Waals surface area contributed by atoms with E-state index in [4.69, 9.17) is 14.3 Å². The third kappa shape index (κ3) is 4.15. The maximum atomic E-state index is 5.73. The lowest BCUT2D eigenvalue weighted by molar-refractivity contribution is 0.0745. The van der Waals surface area contributed by atoms with Gasteiger partial charge in [0, 0.05) is 26.7 Å². The van der Waals surface area contributed by atoms with Gasteiger partial charge in [-0.15, -0.1) is 0 Å². The zero-order valence-electron chi connectivity index (χ0n) is 15.9. The van der Waals surface area contributed by atoms with Crippen LogP contribution in [0, 0.1) is 12.8 Å². The molecule has 0 aromatic heterocycles. The number of rotatable bonds is 7. The number of hydrogen-bond donors (Lipinski definition) is 0. The first-order chi connectivity index (χ1) is 13.2. The summed E-state index contributed by atoms with van der Waals surface area (Å²) in [6.45, 7) is 6.08. The predicted octanol–water partition coefficient (Wildman–Crippen LogP) is 3.26. The molecule has 1 saturated heterocycles. The highest BCUT2D eigenvalue weighted by Gasteiger charge is 2.42. The van der Waals surface area contributed by atoms with E-state index >= 15 is 0 Å². The summed E-state index contributed by atoms with van der Waals surface area (Å²) < 4.78 is 10.6. The van der Waals surface area contributed by atoms with Crippen molar-refractivity contribution in [1.82, 2.24) is 4.90 Å². The second kappa shape index (κ2) is 8.11. The van der Waals surface area contributed by atoms with E-state index in [1.165, 1.54) is 16.7 Å². The Morgan fingerprint density at radius 2 is 1.81 bits per heavy atom. The second-order valence-electron chi connectivity index (χ2n) is 7.27. The van der Waals surface area contributed by atoms with Crippen LogP contribution in [0.25, 0.3) is 0 Å². The first-order valence-corrected chi connectivity index (χ1v) is 9.47. The normalized spacial score (nSPS) is 21.6. The van der Waals surface area contributed by atoms with Crippen LogP contribution in [0.1, 0.15) is 16.7 Å². The van der Waals surface area contributed by atoms with Gasteiger partial charge in [-0.1, -0.05) is 47.1 Å². The molecule has 4 rings (SSSR count). The van der Waals surface area contributed by atoms with Crippen molar-refractivity contribution in [2.75, 3.05) is 33.4 Å². The van der Waals surface area contributed by atoms with Gasteiger partial charge in [-0.05, 0) is 30.2 Å². The minimum atomic E-state index is 0.165. The van der Waals surface area contributed by atoms with Gasteiger partial charge in [0.2, 0.25) is 0 Å². The Balaban J connectivity index is 1.35. The van der Waals surface area contributed by atoms with Gasteiger partial charge in [0.1, 0.15) is 18.5 Å². The third-order valence-corrected chi connectivity index (χ3v) is 5.21. The van der Waals surface area contributed by atoms with Crippen LogP contribution in [0.5, 0.6) is 5.75 Å². The fourth-order valence-corrected chi connectivity index (χ4v) is 3.73. The molecule has 0 saturated carbocycles. The maximum absolute atomic E-state index is 5.73. The number of aryl methyl sites for hydroxylation is 1. The van der Waals surface area contributed by atoms with Gasteiger partial charge < -0.3 is 14.3 Å². The van der Waals surface area contributed by atoms with Gasteiger partial charge >= 0.3 is 0 Å². The second-order valence-corrected chi connectivity index (χ2v) is 7.27. The molecule has 5 nitrogen and oxygen atoms in total. The van der Waals surface area contributed by atoms with Gasteiger partial charge in [0.05, 0.1) is 18.2 Å². The zero-order chi connectivity index (χ0) is 18.6. The fraction of sp³-hybridized carbons (Fsp3) is 0.409. The van der Waals surface area contributed by atoms with Crippen LogP contribution in [0.4, 0.5) is 0 Å². The molecule has 0 amide bonds. The number of ether oxygens (including phenoxy) is 2. The highest BCUT2D eigenvalue weighted by molar-refractivity contribution is 6.03. The van der Waals surface area contributed by atoms with Crippen LogP contribution in [-0.4, -0.2) is 50.1 Å². The van der Waals surface area contributed by atoms with Crippen molar-refractivity contribution in [2.24, 2.45) is 11.1 Å². The van der Waals surface area contributed by atoms with Gasteiger partial charge in [0.15, 0.2) is 0 Å². The summed E-state index contributed by atoms with van der Waals surface area (Å²) in [7, 11) is 1.68. The van der Waals surface area contributed by atoms with Crippen molar-refractivity contribution in [3.63, 3.8) is 0 Å². The molecule has 0 N–H and O–H groups in total. The first-order valence-electron chi connectivity index (χ1n) is 9.47. The third-order valence-electron chi connectivity index (χ3n) is 5.21. The molecule has 2 aliphatic heterocycles. The number of benzene rings is 2. The van der Waals surface area contributed by atoms with Crippen molar-refractivity contribution < 1.29 is 14.3 Å². The van der Waals surface area contributed by atoms with Crippen molar-refractivity contribution in [3.8, 4) is 5.75 Å².